The van der Waals surface area contributed by atoms with Crippen LogP contribution in [0.2, 0.25) is 0 Å². The minimum atomic E-state index is -1.51. The number of carboxylic acids is 1. The molecule has 25 heavy (non-hydrogen) atoms. The van der Waals surface area contributed by atoms with Gasteiger partial charge in [-0.05, 0) is 19.8 Å². The number of aliphatic carboxylic acids is 1. The van der Waals surface area contributed by atoms with Crippen LogP contribution in [0, 0.1) is 5.92 Å². The van der Waals surface area contributed by atoms with Crippen LogP contribution in [0.4, 0.5) is 0 Å². The quantitative estimate of drug-likeness (QED) is 0.207. The van der Waals surface area contributed by atoms with Crippen LogP contribution >= 0.6 is 0 Å². The molecule has 0 aromatic rings. The van der Waals surface area contributed by atoms with Crippen LogP contribution in [0.1, 0.15) is 51.9 Å². The smallest absolute Gasteiger partial charge is 0.305 e. The Bertz CT molecular complexity index is 430. The lowest BCUT2D eigenvalue weighted by molar-refractivity contribution is -0.873. The topological polar surface area (TPSA) is 104 Å². The Labute approximate surface area is 150 Å². The van der Waals surface area contributed by atoms with E-state index in [1.165, 1.54) is 0 Å². The zero-order chi connectivity index (χ0) is 19.5. The standard InChI is InChI=1S/C18H33NO6/c1-5-25-16(22)12-10-8-6-7-9-11-14(20)17(18(23)24)15(21)13-19(2,3)4/h15,17,21H,5-13H2,1-4H3. The largest absolute Gasteiger partial charge is 0.549 e. The van der Waals surface area contributed by atoms with Crippen molar-refractivity contribution in [2.24, 2.45) is 5.92 Å². The summed E-state index contributed by atoms with van der Waals surface area (Å²) >= 11 is 0. The summed E-state index contributed by atoms with van der Waals surface area (Å²) < 4.78 is 5.20. The zero-order valence-electron chi connectivity index (χ0n) is 16.0. The Hall–Kier alpha value is -1.47. The first-order chi connectivity index (χ1) is 11.6. The van der Waals surface area contributed by atoms with E-state index in [4.69, 9.17) is 4.74 Å². The van der Waals surface area contributed by atoms with E-state index in [0.717, 1.165) is 25.7 Å². The third kappa shape index (κ3) is 11.7. The molecule has 0 radical (unpaired) electrons. The predicted octanol–water partition coefficient (Wildman–Crippen LogP) is 0.283. The average molecular weight is 359 g/mol. The highest BCUT2D eigenvalue weighted by Gasteiger charge is 2.31. The third-order valence-electron chi connectivity index (χ3n) is 3.83. The maximum Gasteiger partial charge on any atom is 0.305 e. The number of rotatable bonds is 14. The van der Waals surface area contributed by atoms with Crippen molar-refractivity contribution in [1.29, 1.82) is 0 Å². The fourth-order valence-corrected chi connectivity index (χ4v) is 2.66. The highest BCUT2D eigenvalue weighted by molar-refractivity contribution is 5.98. The molecule has 0 bridgehead atoms. The van der Waals surface area contributed by atoms with E-state index in [-0.39, 0.29) is 18.9 Å². The molecule has 0 aromatic heterocycles. The predicted molar refractivity (Wildman–Crippen MR) is 91.4 cm³/mol. The molecule has 2 unspecified atom stereocenters. The number of esters is 1. The molecule has 0 spiro atoms. The van der Waals surface area contributed by atoms with Crippen molar-refractivity contribution in [1.82, 2.24) is 0 Å². The highest BCUT2D eigenvalue weighted by atomic mass is 16.5. The first kappa shape index (κ1) is 23.5. The lowest BCUT2D eigenvalue weighted by Gasteiger charge is -2.30. The molecule has 7 heteroatoms. The van der Waals surface area contributed by atoms with Crippen LogP contribution in [-0.4, -0.2) is 67.7 Å². The Balaban J connectivity index is 4.08. The summed E-state index contributed by atoms with van der Waals surface area (Å²) in [5.74, 6) is -3.66. The Kier molecular flexibility index (Phi) is 11.3. The second-order valence-electron chi connectivity index (χ2n) is 7.38. The third-order valence-corrected chi connectivity index (χ3v) is 3.83. The van der Waals surface area contributed by atoms with Crippen molar-refractivity contribution >= 4 is 17.7 Å². The second kappa shape index (κ2) is 12.0. The van der Waals surface area contributed by atoms with Crippen LogP contribution in [0.5, 0.6) is 0 Å². The van der Waals surface area contributed by atoms with Crippen molar-refractivity contribution in [3.8, 4) is 0 Å². The maximum atomic E-state index is 12.1. The molecule has 0 fully saturated rings. The fraction of sp³-hybridized carbons (Fsp3) is 0.833. The summed E-state index contributed by atoms with van der Waals surface area (Å²) in [4.78, 5) is 34.5. The van der Waals surface area contributed by atoms with Crippen LogP contribution in [0.3, 0.4) is 0 Å². The van der Waals surface area contributed by atoms with Gasteiger partial charge >= 0.3 is 5.97 Å². The first-order valence-electron chi connectivity index (χ1n) is 8.96. The Morgan fingerprint density at radius 3 is 2.00 bits per heavy atom. The number of carbonyl (C=O) groups is 3. The zero-order valence-corrected chi connectivity index (χ0v) is 16.0. The molecule has 0 amide bonds. The van der Waals surface area contributed by atoms with Gasteiger partial charge < -0.3 is 24.2 Å². The normalized spacial score (nSPS) is 14.0. The van der Waals surface area contributed by atoms with Crippen molar-refractivity contribution in [3.63, 3.8) is 0 Å². The van der Waals surface area contributed by atoms with Gasteiger partial charge in [0, 0.05) is 12.8 Å². The van der Waals surface area contributed by atoms with Gasteiger partial charge in [-0.25, -0.2) is 0 Å². The van der Waals surface area contributed by atoms with Gasteiger partial charge in [-0.1, -0.05) is 19.3 Å². The summed E-state index contributed by atoms with van der Waals surface area (Å²) in [6.07, 6.45) is 3.09. The van der Waals surface area contributed by atoms with E-state index >= 15 is 0 Å². The van der Waals surface area contributed by atoms with Crippen molar-refractivity contribution in [2.45, 2.75) is 58.0 Å². The number of ketones is 1. The first-order valence-corrected chi connectivity index (χ1v) is 8.96. The molecule has 0 aliphatic rings. The van der Waals surface area contributed by atoms with Crippen LogP contribution in [-0.2, 0) is 19.1 Å². The molecule has 0 saturated heterocycles. The van der Waals surface area contributed by atoms with E-state index in [1.54, 1.807) is 6.92 Å². The van der Waals surface area contributed by atoms with E-state index in [9.17, 15) is 24.6 Å². The number of likely N-dealkylation sites (N-methyl/N-ethyl adjacent to an activating group) is 1. The summed E-state index contributed by atoms with van der Waals surface area (Å²) in [6, 6.07) is 0. The second-order valence-corrected chi connectivity index (χ2v) is 7.38. The number of unbranched alkanes of at least 4 members (excludes halogenated alkanes) is 4. The Morgan fingerprint density at radius 2 is 1.52 bits per heavy atom. The summed E-state index contributed by atoms with van der Waals surface area (Å²) in [7, 11) is 5.45. The van der Waals surface area contributed by atoms with E-state index in [2.05, 4.69) is 0 Å². The molecule has 0 heterocycles. The lowest BCUT2D eigenvalue weighted by Crippen LogP contribution is -2.51. The number of hydrogen-bond acceptors (Lipinski definition) is 6. The fourth-order valence-electron chi connectivity index (χ4n) is 2.66. The van der Waals surface area contributed by atoms with Gasteiger partial charge in [-0.15, -0.1) is 0 Å². The van der Waals surface area contributed by atoms with Gasteiger partial charge in [0.05, 0.1) is 39.6 Å². The minimum Gasteiger partial charge on any atom is -0.549 e. The van der Waals surface area contributed by atoms with E-state index < -0.39 is 23.8 Å². The van der Waals surface area contributed by atoms with E-state index in [1.807, 2.05) is 21.1 Å². The van der Waals surface area contributed by atoms with Gasteiger partial charge in [-0.2, -0.15) is 0 Å². The van der Waals surface area contributed by atoms with Crippen molar-refractivity contribution in [2.75, 3.05) is 34.3 Å². The van der Waals surface area contributed by atoms with E-state index in [0.29, 0.717) is 23.9 Å². The molecule has 0 aromatic carbocycles. The molecule has 0 aliphatic heterocycles. The van der Waals surface area contributed by atoms with Crippen LogP contribution in [0.25, 0.3) is 0 Å². The number of Topliss-reactive ketones (excluding diaryl/α,β-unsaturated/α-hetero) is 1. The number of aliphatic hydroxyl groups is 1. The number of nitrogens with zero attached hydrogens (tertiary/aromatic N) is 1. The lowest BCUT2D eigenvalue weighted by atomic mass is 9.93. The molecule has 7 nitrogen and oxygen atoms in total. The minimum absolute atomic E-state index is 0.116. The van der Waals surface area contributed by atoms with Gasteiger partial charge in [0.2, 0.25) is 0 Å². The molecule has 146 valence electrons. The van der Waals surface area contributed by atoms with Gasteiger partial charge in [0.25, 0.3) is 0 Å². The number of hydrogen-bond donors (Lipinski definition) is 1. The molecule has 2 atom stereocenters. The number of carbonyl (C=O) groups excluding carboxylic acids is 3. The van der Waals surface area contributed by atoms with Gasteiger partial charge in [0.1, 0.15) is 18.4 Å². The summed E-state index contributed by atoms with van der Waals surface area (Å²) in [5, 5.41) is 21.3. The van der Waals surface area contributed by atoms with Crippen molar-refractivity contribution in [3.05, 3.63) is 0 Å². The van der Waals surface area contributed by atoms with Crippen LogP contribution < -0.4 is 5.11 Å². The summed E-state index contributed by atoms with van der Waals surface area (Å²) in [5.41, 5.74) is 0. The van der Waals surface area contributed by atoms with Gasteiger partial charge in [-0.3, -0.25) is 9.59 Å². The molecule has 0 rings (SSSR count). The number of ether oxygens (including phenoxy) is 1. The van der Waals surface area contributed by atoms with Crippen molar-refractivity contribution < 1.29 is 33.8 Å². The number of quaternary nitrogens is 1. The monoisotopic (exact) mass is 359 g/mol. The number of carboxylic acid groups (broad SMARTS) is 1. The molecule has 0 aliphatic carbocycles. The van der Waals surface area contributed by atoms with Gasteiger partial charge in [0.15, 0.2) is 0 Å². The summed E-state index contributed by atoms with van der Waals surface area (Å²) in [6.45, 7) is 2.32. The highest BCUT2D eigenvalue weighted by Crippen LogP contribution is 2.14. The molecule has 1 N–H and O–H groups in total. The maximum absolute atomic E-state index is 12.1. The SMILES string of the molecule is CCOC(=O)CCCCCCCC(=O)C(C(=O)[O-])C(O)C[N+](C)(C)C. The van der Waals surface area contributed by atoms with Crippen LogP contribution in [0.15, 0.2) is 0 Å². The molecular weight excluding hydrogens is 326 g/mol. The average Bonchev–Trinajstić information content (AvgIpc) is 2.44. The molecular formula is C18H33NO6. The number of aliphatic hydroxyl groups excluding tert-OH is 1. The molecule has 0 saturated carbocycles. The Morgan fingerprint density at radius 1 is 1.00 bits per heavy atom.